The van der Waals surface area contributed by atoms with Crippen molar-refractivity contribution in [2.45, 2.75) is 25.3 Å². The number of carbonyl (C=O) groups excluding carboxylic acids is 2. The highest BCUT2D eigenvalue weighted by molar-refractivity contribution is 6.29. The number of nitrogens with zero attached hydrogens (tertiary/aromatic N) is 3. The minimum absolute atomic E-state index is 0.150. The maximum atomic E-state index is 12.4. The van der Waals surface area contributed by atoms with Crippen LogP contribution in [0, 0.1) is 0 Å². The van der Waals surface area contributed by atoms with E-state index in [-0.39, 0.29) is 22.7 Å². The Kier molecular flexibility index (Phi) is 4.31. The van der Waals surface area contributed by atoms with Crippen LogP contribution in [-0.4, -0.2) is 46.3 Å². The molecule has 0 aromatic carbocycles. The lowest BCUT2D eigenvalue weighted by molar-refractivity contribution is -0.126. The maximum absolute atomic E-state index is 12.4. The lowest BCUT2D eigenvalue weighted by Gasteiger charge is -2.34. The fraction of sp³-hybridized carbons (Fsp3) is 0.500. The zero-order valence-electron chi connectivity index (χ0n) is 10.6. The zero-order chi connectivity index (χ0) is 13.8. The number of piperidine rings is 1. The number of likely N-dealkylation sites (N-methyl/N-ethyl adjacent to an activating group) is 1. The number of amides is 2. The summed E-state index contributed by atoms with van der Waals surface area (Å²) >= 11 is 5.73. The second kappa shape index (κ2) is 5.97. The molecule has 1 aromatic rings. The van der Waals surface area contributed by atoms with E-state index >= 15 is 0 Å². The first-order valence-corrected chi connectivity index (χ1v) is 6.51. The third-order valence-electron chi connectivity index (χ3n) is 3.14. The van der Waals surface area contributed by atoms with Crippen molar-refractivity contribution < 1.29 is 9.59 Å². The van der Waals surface area contributed by atoms with Crippen molar-refractivity contribution in [1.82, 2.24) is 20.2 Å². The molecule has 2 heterocycles. The van der Waals surface area contributed by atoms with Crippen LogP contribution in [-0.2, 0) is 4.79 Å². The molecule has 0 saturated carbocycles. The van der Waals surface area contributed by atoms with Gasteiger partial charge in [0.15, 0.2) is 0 Å². The molecule has 1 unspecified atom stereocenters. The molecule has 0 radical (unpaired) electrons. The second-order valence-corrected chi connectivity index (χ2v) is 4.74. The summed E-state index contributed by atoms with van der Waals surface area (Å²) in [4.78, 5) is 33.5. The summed E-state index contributed by atoms with van der Waals surface area (Å²) in [6.07, 6.45) is 5.21. The molecular weight excluding hydrogens is 268 g/mol. The topological polar surface area (TPSA) is 75.2 Å². The summed E-state index contributed by atoms with van der Waals surface area (Å²) in [6.45, 7) is 0.547. The molecule has 0 spiro atoms. The molecule has 1 aliphatic rings. The molecule has 102 valence electrons. The molecule has 0 aliphatic carbocycles. The van der Waals surface area contributed by atoms with Crippen LogP contribution < -0.4 is 5.32 Å². The Bertz CT molecular complexity index is 494. The summed E-state index contributed by atoms with van der Waals surface area (Å²) in [7, 11) is 1.57. The molecule has 0 bridgehead atoms. The summed E-state index contributed by atoms with van der Waals surface area (Å²) < 4.78 is 0. The average Bonchev–Trinajstić information content (AvgIpc) is 2.45. The van der Waals surface area contributed by atoms with Crippen molar-refractivity contribution >= 4 is 23.4 Å². The molecule has 19 heavy (non-hydrogen) atoms. The molecule has 1 saturated heterocycles. The van der Waals surface area contributed by atoms with Crippen molar-refractivity contribution in [3.8, 4) is 0 Å². The van der Waals surface area contributed by atoms with Crippen LogP contribution >= 0.6 is 11.6 Å². The van der Waals surface area contributed by atoms with E-state index in [1.54, 1.807) is 11.9 Å². The third kappa shape index (κ3) is 3.01. The largest absolute Gasteiger partial charge is 0.357 e. The fourth-order valence-electron chi connectivity index (χ4n) is 2.21. The number of aromatic nitrogens is 2. The normalized spacial score (nSPS) is 19.1. The van der Waals surface area contributed by atoms with Gasteiger partial charge in [-0.3, -0.25) is 14.6 Å². The number of hydrogen-bond donors (Lipinski definition) is 1. The number of halogens is 1. The van der Waals surface area contributed by atoms with Crippen LogP contribution in [0.15, 0.2) is 12.4 Å². The van der Waals surface area contributed by atoms with E-state index in [4.69, 9.17) is 11.6 Å². The van der Waals surface area contributed by atoms with E-state index in [0.717, 1.165) is 12.8 Å². The van der Waals surface area contributed by atoms with Gasteiger partial charge in [-0.05, 0) is 19.3 Å². The third-order valence-corrected chi connectivity index (χ3v) is 3.32. The van der Waals surface area contributed by atoms with Crippen molar-refractivity contribution in [1.29, 1.82) is 0 Å². The Balaban J connectivity index is 2.22. The summed E-state index contributed by atoms with van der Waals surface area (Å²) in [5.74, 6) is -0.452. The molecule has 1 atom stereocenters. The van der Waals surface area contributed by atoms with E-state index in [2.05, 4.69) is 15.3 Å². The van der Waals surface area contributed by atoms with Crippen molar-refractivity contribution in [3.05, 3.63) is 23.2 Å². The average molecular weight is 283 g/mol. The lowest BCUT2D eigenvalue weighted by Crippen LogP contribution is -2.51. The van der Waals surface area contributed by atoms with Gasteiger partial charge in [-0.1, -0.05) is 11.6 Å². The molecule has 7 heteroatoms. The molecule has 2 rings (SSSR count). The van der Waals surface area contributed by atoms with Crippen LogP contribution in [0.5, 0.6) is 0 Å². The highest BCUT2D eigenvalue weighted by Gasteiger charge is 2.32. The Morgan fingerprint density at radius 2 is 2.21 bits per heavy atom. The number of carbonyl (C=O) groups is 2. The van der Waals surface area contributed by atoms with Crippen molar-refractivity contribution in [3.63, 3.8) is 0 Å². The first kappa shape index (κ1) is 13.7. The van der Waals surface area contributed by atoms with E-state index in [9.17, 15) is 9.59 Å². The van der Waals surface area contributed by atoms with E-state index < -0.39 is 6.04 Å². The fourth-order valence-corrected chi connectivity index (χ4v) is 2.35. The van der Waals surface area contributed by atoms with Gasteiger partial charge >= 0.3 is 0 Å². The maximum Gasteiger partial charge on any atom is 0.274 e. The molecule has 1 N–H and O–H groups in total. The number of hydrogen-bond acceptors (Lipinski definition) is 4. The van der Waals surface area contributed by atoms with Gasteiger partial charge in [0.1, 0.15) is 16.9 Å². The molecule has 6 nitrogen and oxygen atoms in total. The van der Waals surface area contributed by atoms with Gasteiger partial charge in [-0.2, -0.15) is 0 Å². The zero-order valence-corrected chi connectivity index (χ0v) is 11.4. The molecule has 1 aliphatic heterocycles. The predicted octanol–water partition coefficient (Wildman–Crippen LogP) is 0.871. The van der Waals surface area contributed by atoms with E-state index in [1.807, 2.05) is 0 Å². The number of rotatable bonds is 2. The van der Waals surface area contributed by atoms with Gasteiger partial charge in [0.2, 0.25) is 5.91 Å². The summed E-state index contributed by atoms with van der Waals surface area (Å²) in [6, 6.07) is -0.438. The van der Waals surface area contributed by atoms with Crippen LogP contribution in [0.2, 0.25) is 5.15 Å². The first-order valence-electron chi connectivity index (χ1n) is 6.13. The van der Waals surface area contributed by atoms with Crippen LogP contribution in [0.25, 0.3) is 0 Å². The van der Waals surface area contributed by atoms with Crippen LogP contribution in [0.3, 0.4) is 0 Å². The highest BCUT2D eigenvalue weighted by Crippen LogP contribution is 2.19. The minimum atomic E-state index is -0.438. The Morgan fingerprint density at radius 3 is 2.89 bits per heavy atom. The summed E-state index contributed by atoms with van der Waals surface area (Å²) in [5.41, 5.74) is 0.170. The van der Waals surface area contributed by atoms with Gasteiger partial charge in [0.05, 0.1) is 12.4 Å². The minimum Gasteiger partial charge on any atom is -0.357 e. The highest BCUT2D eigenvalue weighted by atomic mass is 35.5. The van der Waals surface area contributed by atoms with Gasteiger partial charge in [-0.25, -0.2) is 4.98 Å². The van der Waals surface area contributed by atoms with Crippen LogP contribution in [0.4, 0.5) is 0 Å². The van der Waals surface area contributed by atoms with E-state index in [0.29, 0.717) is 13.0 Å². The first-order chi connectivity index (χ1) is 9.13. The monoisotopic (exact) mass is 282 g/mol. The summed E-state index contributed by atoms with van der Waals surface area (Å²) in [5, 5.41) is 2.75. The Hall–Kier alpha value is -1.69. The standard InChI is InChI=1S/C12H15ClN4O2/c1-14-11(18)9-4-2-3-5-17(9)12(19)8-6-15-7-10(13)16-8/h6-7,9H,2-5H2,1H3,(H,14,18). The van der Waals surface area contributed by atoms with Crippen molar-refractivity contribution in [2.24, 2.45) is 0 Å². The van der Waals surface area contributed by atoms with Gasteiger partial charge in [0.25, 0.3) is 5.91 Å². The van der Waals surface area contributed by atoms with Gasteiger partial charge in [0, 0.05) is 13.6 Å². The second-order valence-electron chi connectivity index (χ2n) is 4.35. The predicted molar refractivity (Wildman–Crippen MR) is 69.8 cm³/mol. The molecule has 1 fully saturated rings. The Morgan fingerprint density at radius 1 is 1.42 bits per heavy atom. The molecular formula is C12H15ClN4O2. The number of nitrogens with one attached hydrogen (secondary N) is 1. The van der Waals surface area contributed by atoms with Gasteiger partial charge in [-0.15, -0.1) is 0 Å². The van der Waals surface area contributed by atoms with Crippen LogP contribution in [0.1, 0.15) is 29.8 Å². The molecule has 1 aromatic heterocycles. The van der Waals surface area contributed by atoms with Gasteiger partial charge < -0.3 is 10.2 Å². The molecule has 2 amide bonds. The number of likely N-dealkylation sites (tertiary alicyclic amines) is 1. The quantitative estimate of drug-likeness (QED) is 0.873. The smallest absolute Gasteiger partial charge is 0.274 e. The van der Waals surface area contributed by atoms with E-state index in [1.165, 1.54) is 12.4 Å². The van der Waals surface area contributed by atoms with Crippen molar-refractivity contribution in [2.75, 3.05) is 13.6 Å². The SMILES string of the molecule is CNC(=O)C1CCCCN1C(=O)c1cncc(Cl)n1. The lowest BCUT2D eigenvalue weighted by atomic mass is 10.0. The Labute approximate surface area is 116 Å².